The first-order valence-electron chi connectivity index (χ1n) is 3.90. The maximum atomic E-state index is 10.8. The molecule has 0 aliphatic heterocycles. The Balaban J connectivity index is -0.000000980. The van der Waals surface area contributed by atoms with Crippen LogP contribution in [-0.2, 0) is 4.79 Å². The molecule has 16 heavy (non-hydrogen) atoms. The molecule has 0 saturated heterocycles. The van der Waals surface area contributed by atoms with Crippen molar-refractivity contribution in [3.63, 3.8) is 0 Å². The van der Waals surface area contributed by atoms with E-state index in [4.69, 9.17) is 20.4 Å². The number of nitrogens with zero attached hydrogens (tertiary/aromatic N) is 1. The standard InChI is InChI=1S/C7H11NO6S.Na.H/c9-1-3(10)4(11)5(12)6(13)7(14)8-2-15;;/h3-6,9-13H,1H2;;/q;+1;-1/t3-,4-,5+,6-;;/m1../s1. The Morgan fingerprint density at radius 2 is 1.81 bits per heavy atom. The van der Waals surface area contributed by atoms with Gasteiger partial charge in [0.1, 0.15) is 18.3 Å². The van der Waals surface area contributed by atoms with Crippen LogP contribution in [0.4, 0.5) is 0 Å². The van der Waals surface area contributed by atoms with Gasteiger partial charge in [-0.1, -0.05) is 0 Å². The topological polar surface area (TPSA) is 131 Å². The van der Waals surface area contributed by atoms with E-state index in [1.807, 2.05) is 0 Å². The van der Waals surface area contributed by atoms with Gasteiger partial charge in [-0.3, -0.25) is 4.79 Å². The van der Waals surface area contributed by atoms with Crippen molar-refractivity contribution >= 4 is 23.3 Å². The van der Waals surface area contributed by atoms with Crippen LogP contribution in [0.25, 0.3) is 0 Å². The zero-order valence-corrected chi connectivity index (χ0v) is 11.3. The number of carbonyl (C=O) groups is 1. The first kappa shape index (κ1) is 18.6. The molecule has 0 unspecified atom stereocenters. The maximum absolute atomic E-state index is 10.8. The summed E-state index contributed by atoms with van der Waals surface area (Å²) in [6.07, 6.45) is -7.53. The number of rotatable bonds is 5. The van der Waals surface area contributed by atoms with E-state index in [0.717, 1.165) is 0 Å². The molecule has 4 atom stereocenters. The number of amides is 1. The first-order chi connectivity index (χ1) is 6.95. The average molecular weight is 261 g/mol. The molecule has 0 rings (SSSR count). The van der Waals surface area contributed by atoms with Crippen molar-refractivity contribution in [1.29, 1.82) is 0 Å². The smallest absolute Gasteiger partial charge is 1.00 e. The van der Waals surface area contributed by atoms with Crippen LogP contribution < -0.4 is 29.6 Å². The van der Waals surface area contributed by atoms with Gasteiger partial charge < -0.3 is 27.0 Å². The zero-order chi connectivity index (χ0) is 12.0. The first-order valence-corrected chi connectivity index (χ1v) is 4.31. The normalized spacial score (nSPS) is 17.3. The van der Waals surface area contributed by atoms with Crippen LogP contribution in [0.1, 0.15) is 1.43 Å². The van der Waals surface area contributed by atoms with Crippen molar-refractivity contribution in [2.45, 2.75) is 24.4 Å². The second-order valence-corrected chi connectivity index (χ2v) is 2.90. The number of carbonyl (C=O) groups excluding carboxylic acids is 1. The molecule has 0 spiro atoms. The van der Waals surface area contributed by atoms with Crippen LogP contribution >= 0.6 is 12.2 Å². The van der Waals surface area contributed by atoms with Gasteiger partial charge in [-0.2, -0.15) is 4.99 Å². The van der Waals surface area contributed by atoms with E-state index in [-0.39, 0.29) is 31.0 Å². The largest absolute Gasteiger partial charge is 1.00 e. The predicted octanol–water partition coefficient (Wildman–Crippen LogP) is -5.83. The summed E-state index contributed by atoms with van der Waals surface area (Å²) in [5, 5.41) is 46.4. The molecule has 1 amide bonds. The summed E-state index contributed by atoms with van der Waals surface area (Å²) in [7, 11) is 0. The molecule has 0 aromatic rings. The molecule has 0 fully saturated rings. The SMILES string of the molecule is O=C(N=C=S)[C@H](O)[C@@H](O)[C@H](O)[C@H](O)CO.[H-].[Na+]. The van der Waals surface area contributed by atoms with Gasteiger partial charge in [0.25, 0.3) is 5.91 Å². The summed E-state index contributed by atoms with van der Waals surface area (Å²) >= 11 is 4.09. The van der Waals surface area contributed by atoms with Crippen LogP contribution in [0.2, 0.25) is 0 Å². The fourth-order valence-corrected chi connectivity index (χ4v) is 0.870. The van der Waals surface area contributed by atoms with Crippen LogP contribution in [0.5, 0.6) is 0 Å². The summed E-state index contributed by atoms with van der Waals surface area (Å²) in [6, 6.07) is 0. The van der Waals surface area contributed by atoms with Gasteiger partial charge in [-0.25, -0.2) is 0 Å². The molecule has 88 valence electrons. The second-order valence-electron chi connectivity index (χ2n) is 2.72. The molecule has 5 N–H and O–H groups in total. The van der Waals surface area contributed by atoms with Crippen molar-refractivity contribution in [2.24, 2.45) is 4.99 Å². The number of hydrogen-bond acceptors (Lipinski definition) is 7. The summed E-state index contributed by atoms with van der Waals surface area (Å²) in [6.45, 7) is -0.824. The quantitative estimate of drug-likeness (QED) is 0.189. The second kappa shape index (κ2) is 9.32. The Hall–Kier alpha value is 0.270. The molecule has 0 aliphatic rings. The van der Waals surface area contributed by atoms with Gasteiger partial charge in [0.2, 0.25) is 0 Å². The third kappa shape index (κ3) is 5.55. The van der Waals surface area contributed by atoms with Gasteiger partial charge in [-0.15, -0.1) is 0 Å². The molecule has 0 radical (unpaired) electrons. The van der Waals surface area contributed by atoms with E-state index in [0.29, 0.717) is 0 Å². The molecule has 0 aliphatic carbocycles. The molecule has 0 bridgehead atoms. The number of aliphatic hydroxyl groups excluding tert-OH is 5. The monoisotopic (exact) mass is 261 g/mol. The molecule has 0 saturated carbocycles. The fourth-order valence-electron chi connectivity index (χ4n) is 0.780. The summed E-state index contributed by atoms with van der Waals surface area (Å²) in [5.74, 6) is -1.19. The zero-order valence-electron chi connectivity index (χ0n) is 9.52. The van der Waals surface area contributed by atoms with Gasteiger partial charge in [-0.05, 0) is 12.2 Å². The predicted molar refractivity (Wildman–Crippen MR) is 52.3 cm³/mol. The molecule has 0 aromatic heterocycles. The third-order valence-corrected chi connectivity index (χ3v) is 1.75. The Morgan fingerprint density at radius 3 is 2.19 bits per heavy atom. The van der Waals surface area contributed by atoms with E-state index in [2.05, 4.69) is 17.2 Å². The van der Waals surface area contributed by atoms with E-state index >= 15 is 0 Å². The molecule has 0 heterocycles. The minimum atomic E-state index is -2.03. The van der Waals surface area contributed by atoms with Crippen LogP contribution in [0, 0.1) is 0 Å². The van der Waals surface area contributed by atoms with E-state index in [9.17, 15) is 9.90 Å². The molecule has 0 aromatic carbocycles. The average Bonchev–Trinajstić information content (AvgIpc) is 2.25. The van der Waals surface area contributed by atoms with E-state index in [1.54, 1.807) is 5.16 Å². The summed E-state index contributed by atoms with van der Waals surface area (Å²) in [5.41, 5.74) is 0. The van der Waals surface area contributed by atoms with E-state index in [1.165, 1.54) is 0 Å². The number of isothiocyanates is 1. The Morgan fingerprint density at radius 1 is 1.31 bits per heavy atom. The van der Waals surface area contributed by atoms with Gasteiger partial charge in [0, 0.05) is 0 Å². The summed E-state index contributed by atoms with van der Waals surface area (Å²) < 4.78 is 0. The van der Waals surface area contributed by atoms with Crippen molar-refractivity contribution in [1.82, 2.24) is 0 Å². The van der Waals surface area contributed by atoms with Gasteiger partial charge >= 0.3 is 29.6 Å². The van der Waals surface area contributed by atoms with Crippen LogP contribution in [-0.4, -0.2) is 67.6 Å². The third-order valence-electron chi connectivity index (χ3n) is 1.66. The van der Waals surface area contributed by atoms with Crippen molar-refractivity contribution in [2.75, 3.05) is 6.61 Å². The number of aliphatic hydroxyl groups is 5. The molecular weight excluding hydrogens is 249 g/mol. The number of aliphatic imine (C=N–C) groups is 1. The van der Waals surface area contributed by atoms with Crippen molar-refractivity contribution in [3.05, 3.63) is 0 Å². The number of hydrogen-bond donors (Lipinski definition) is 5. The minimum absolute atomic E-state index is 0. The van der Waals surface area contributed by atoms with Crippen molar-refractivity contribution < 1.29 is 61.3 Å². The van der Waals surface area contributed by atoms with E-state index < -0.39 is 36.9 Å². The van der Waals surface area contributed by atoms with Gasteiger partial charge in [0.15, 0.2) is 6.10 Å². The maximum Gasteiger partial charge on any atom is 1.00 e. The summed E-state index contributed by atoms with van der Waals surface area (Å²) in [4.78, 5) is 13.7. The molecular formula is C7H12NNaO6S. The Bertz CT molecular complexity index is 277. The Kier molecular flexibility index (Phi) is 10.8. The Labute approximate surface area is 120 Å². The molecule has 7 nitrogen and oxygen atoms in total. The molecule has 9 heteroatoms. The van der Waals surface area contributed by atoms with Crippen LogP contribution in [0.15, 0.2) is 4.99 Å². The fraction of sp³-hybridized carbons (Fsp3) is 0.714. The van der Waals surface area contributed by atoms with Crippen LogP contribution in [0.3, 0.4) is 0 Å². The number of thiocarbonyl (C=S) groups is 1. The van der Waals surface area contributed by atoms with Gasteiger partial charge in [0.05, 0.1) is 11.8 Å². The minimum Gasteiger partial charge on any atom is -1.00 e. The van der Waals surface area contributed by atoms with Crippen molar-refractivity contribution in [3.8, 4) is 0 Å².